The number of aliphatic carboxylic acids is 1. The predicted molar refractivity (Wildman–Crippen MR) is 81.2 cm³/mol. The summed E-state index contributed by atoms with van der Waals surface area (Å²) >= 11 is 0. The molecule has 5 nitrogen and oxygen atoms in total. The minimum absolute atomic E-state index is 0.386. The number of para-hydroxylation sites is 1. The van der Waals surface area contributed by atoms with Crippen molar-refractivity contribution >= 4 is 16.9 Å². The van der Waals surface area contributed by atoms with Gasteiger partial charge < -0.3 is 5.11 Å². The number of nitrogens with one attached hydrogen (secondary N) is 1. The van der Waals surface area contributed by atoms with Crippen molar-refractivity contribution in [2.45, 2.75) is 50.7 Å². The zero-order chi connectivity index (χ0) is 14.9. The third kappa shape index (κ3) is 3.08. The molecule has 3 rings (SSSR count). The SMILES string of the molecule is CC(CCCn1ncc2ccccc21)(NC1CC1)C(=O)O. The molecule has 0 bridgehead atoms. The number of carboxylic acids is 1. The standard InChI is InChI=1S/C16H21N3O2/c1-16(15(20)21,18-13-7-8-13)9-4-10-19-14-6-3-2-5-12(14)11-17-19/h2-3,5-6,11,13,18H,4,7-10H2,1H3,(H,20,21). The molecule has 21 heavy (non-hydrogen) atoms. The normalized spacial score (nSPS) is 17.8. The monoisotopic (exact) mass is 287 g/mol. The van der Waals surface area contributed by atoms with E-state index in [0.717, 1.165) is 36.7 Å². The first-order valence-electron chi connectivity index (χ1n) is 7.50. The number of hydrogen-bond donors (Lipinski definition) is 2. The number of fused-ring (bicyclic) bond motifs is 1. The van der Waals surface area contributed by atoms with E-state index < -0.39 is 11.5 Å². The highest BCUT2D eigenvalue weighted by atomic mass is 16.4. The van der Waals surface area contributed by atoms with Crippen LogP contribution < -0.4 is 5.32 Å². The van der Waals surface area contributed by atoms with E-state index in [9.17, 15) is 9.90 Å². The summed E-state index contributed by atoms with van der Waals surface area (Å²) < 4.78 is 1.95. The molecule has 1 aromatic heterocycles. The van der Waals surface area contributed by atoms with Gasteiger partial charge in [-0.15, -0.1) is 0 Å². The molecule has 1 fully saturated rings. The Morgan fingerprint density at radius 3 is 2.95 bits per heavy atom. The average Bonchev–Trinajstić information content (AvgIpc) is 3.17. The Hall–Kier alpha value is -1.88. The highest BCUT2D eigenvalue weighted by Crippen LogP contribution is 2.25. The first-order valence-corrected chi connectivity index (χ1v) is 7.50. The van der Waals surface area contributed by atoms with Gasteiger partial charge in [-0.05, 0) is 38.7 Å². The van der Waals surface area contributed by atoms with E-state index in [1.165, 1.54) is 0 Å². The summed E-state index contributed by atoms with van der Waals surface area (Å²) in [5.74, 6) is -0.764. The Morgan fingerprint density at radius 2 is 2.24 bits per heavy atom. The van der Waals surface area contributed by atoms with Crippen molar-refractivity contribution in [1.29, 1.82) is 0 Å². The van der Waals surface area contributed by atoms with Gasteiger partial charge >= 0.3 is 5.97 Å². The summed E-state index contributed by atoms with van der Waals surface area (Å²) in [5.41, 5.74) is 0.272. The van der Waals surface area contributed by atoms with E-state index in [-0.39, 0.29) is 0 Å². The van der Waals surface area contributed by atoms with E-state index in [4.69, 9.17) is 0 Å². The quantitative estimate of drug-likeness (QED) is 0.820. The molecule has 1 unspecified atom stereocenters. The van der Waals surface area contributed by atoms with Crippen LogP contribution in [0.3, 0.4) is 0 Å². The predicted octanol–water partition coefficient (Wildman–Crippen LogP) is 2.41. The number of hydrogen-bond acceptors (Lipinski definition) is 3. The van der Waals surface area contributed by atoms with Crippen molar-refractivity contribution in [2.24, 2.45) is 0 Å². The van der Waals surface area contributed by atoms with Crippen molar-refractivity contribution in [1.82, 2.24) is 15.1 Å². The van der Waals surface area contributed by atoms with Gasteiger partial charge in [0.2, 0.25) is 0 Å². The second kappa shape index (κ2) is 5.48. The summed E-state index contributed by atoms with van der Waals surface area (Å²) in [5, 5.41) is 18.2. The summed E-state index contributed by atoms with van der Waals surface area (Å²) in [6.07, 6.45) is 5.43. The smallest absolute Gasteiger partial charge is 0.323 e. The number of carbonyl (C=O) groups is 1. The Morgan fingerprint density at radius 1 is 1.48 bits per heavy atom. The fraction of sp³-hybridized carbons (Fsp3) is 0.500. The van der Waals surface area contributed by atoms with Gasteiger partial charge in [0.1, 0.15) is 5.54 Å². The topological polar surface area (TPSA) is 67.2 Å². The van der Waals surface area contributed by atoms with Gasteiger partial charge in [0.05, 0.1) is 11.7 Å². The molecule has 1 aliphatic carbocycles. The molecule has 1 aliphatic rings. The lowest BCUT2D eigenvalue weighted by Gasteiger charge is -2.26. The molecule has 0 radical (unpaired) electrons. The second-order valence-corrected chi connectivity index (χ2v) is 6.09. The molecule has 1 aromatic carbocycles. The highest BCUT2D eigenvalue weighted by molar-refractivity contribution is 5.79. The first-order chi connectivity index (χ1) is 10.1. The zero-order valence-electron chi connectivity index (χ0n) is 12.2. The maximum atomic E-state index is 11.5. The van der Waals surface area contributed by atoms with Gasteiger partial charge in [0, 0.05) is 18.0 Å². The van der Waals surface area contributed by atoms with Crippen LogP contribution in [0.1, 0.15) is 32.6 Å². The number of aryl methyl sites for hydroxylation is 1. The van der Waals surface area contributed by atoms with Crippen LogP contribution in [0.5, 0.6) is 0 Å². The lowest BCUT2D eigenvalue weighted by Crippen LogP contribution is -2.50. The molecule has 0 amide bonds. The fourth-order valence-corrected chi connectivity index (χ4v) is 2.71. The zero-order valence-corrected chi connectivity index (χ0v) is 12.2. The van der Waals surface area contributed by atoms with E-state index in [0.29, 0.717) is 12.5 Å². The molecular weight excluding hydrogens is 266 g/mol. The lowest BCUT2D eigenvalue weighted by atomic mass is 9.95. The second-order valence-electron chi connectivity index (χ2n) is 6.09. The number of aromatic nitrogens is 2. The van der Waals surface area contributed by atoms with Crippen LogP contribution in [0.4, 0.5) is 0 Å². The maximum absolute atomic E-state index is 11.5. The van der Waals surface area contributed by atoms with Crippen LogP contribution in [0, 0.1) is 0 Å². The molecule has 0 saturated heterocycles. The van der Waals surface area contributed by atoms with Gasteiger partial charge in [-0.3, -0.25) is 14.8 Å². The van der Waals surface area contributed by atoms with Gasteiger partial charge in [0.15, 0.2) is 0 Å². The summed E-state index contributed by atoms with van der Waals surface area (Å²) in [6, 6.07) is 8.46. The van der Waals surface area contributed by atoms with Crippen molar-refractivity contribution in [3.63, 3.8) is 0 Å². The molecule has 1 atom stereocenters. The van der Waals surface area contributed by atoms with Crippen LogP contribution in [-0.4, -0.2) is 32.4 Å². The molecule has 5 heteroatoms. The number of rotatable bonds is 7. The van der Waals surface area contributed by atoms with E-state index in [1.54, 1.807) is 6.92 Å². The molecule has 1 saturated carbocycles. The minimum Gasteiger partial charge on any atom is -0.480 e. The molecule has 0 spiro atoms. The maximum Gasteiger partial charge on any atom is 0.323 e. The van der Waals surface area contributed by atoms with Crippen molar-refractivity contribution < 1.29 is 9.90 Å². The third-order valence-corrected chi connectivity index (χ3v) is 4.17. The fourth-order valence-electron chi connectivity index (χ4n) is 2.71. The minimum atomic E-state index is -0.829. The molecule has 2 aromatic rings. The largest absolute Gasteiger partial charge is 0.480 e. The summed E-state index contributed by atoms with van der Waals surface area (Å²) in [6.45, 7) is 2.53. The Labute approximate surface area is 124 Å². The number of carboxylic acid groups (broad SMARTS) is 1. The van der Waals surface area contributed by atoms with Crippen LogP contribution in [0.25, 0.3) is 10.9 Å². The van der Waals surface area contributed by atoms with E-state index >= 15 is 0 Å². The van der Waals surface area contributed by atoms with Crippen LogP contribution >= 0.6 is 0 Å². The van der Waals surface area contributed by atoms with Gasteiger partial charge in [0.25, 0.3) is 0 Å². The molecule has 112 valence electrons. The van der Waals surface area contributed by atoms with Gasteiger partial charge in [-0.2, -0.15) is 5.10 Å². The summed E-state index contributed by atoms with van der Waals surface area (Å²) in [4.78, 5) is 11.5. The van der Waals surface area contributed by atoms with Crippen LogP contribution in [0.2, 0.25) is 0 Å². The first kappa shape index (κ1) is 14.1. The van der Waals surface area contributed by atoms with Crippen molar-refractivity contribution in [3.8, 4) is 0 Å². The molecule has 0 aliphatic heterocycles. The summed E-state index contributed by atoms with van der Waals surface area (Å²) in [7, 11) is 0. The number of nitrogens with zero attached hydrogens (tertiary/aromatic N) is 2. The van der Waals surface area contributed by atoms with Crippen molar-refractivity contribution in [3.05, 3.63) is 30.5 Å². The number of benzene rings is 1. The molecular formula is C16H21N3O2. The molecule has 1 heterocycles. The van der Waals surface area contributed by atoms with Crippen molar-refractivity contribution in [2.75, 3.05) is 0 Å². The Bertz CT molecular complexity index is 648. The highest BCUT2D eigenvalue weighted by Gasteiger charge is 2.37. The van der Waals surface area contributed by atoms with Crippen LogP contribution in [0.15, 0.2) is 30.5 Å². The Balaban J connectivity index is 1.62. The third-order valence-electron chi connectivity index (χ3n) is 4.17. The van der Waals surface area contributed by atoms with E-state index in [2.05, 4.69) is 10.4 Å². The van der Waals surface area contributed by atoms with E-state index in [1.807, 2.05) is 35.1 Å². The van der Waals surface area contributed by atoms with Gasteiger partial charge in [-0.1, -0.05) is 18.2 Å². The van der Waals surface area contributed by atoms with Gasteiger partial charge in [-0.25, -0.2) is 0 Å². The Kier molecular flexibility index (Phi) is 3.68. The molecule has 2 N–H and O–H groups in total. The average molecular weight is 287 g/mol. The lowest BCUT2D eigenvalue weighted by molar-refractivity contribution is -0.144. The van der Waals surface area contributed by atoms with Crippen LogP contribution in [-0.2, 0) is 11.3 Å².